The van der Waals surface area contributed by atoms with E-state index in [0.717, 1.165) is 60.9 Å². The van der Waals surface area contributed by atoms with Crippen LogP contribution >= 0.6 is 0 Å². The van der Waals surface area contributed by atoms with E-state index in [2.05, 4.69) is 42.2 Å². The molecule has 0 atom stereocenters. The number of rotatable bonds is 4. The van der Waals surface area contributed by atoms with E-state index in [4.69, 9.17) is 9.15 Å². The van der Waals surface area contributed by atoms with Crippen LogP contribution in [0.2, 0.25) is 0 Å². The standard InChI is InChI=1S/C26H29NO3/c1-3-4-7-18-10-12-20(13-11-18)27-15-19-14-23-21-8-5-6-9-22(21)26(28)30-25(23)17(2)24(19)29-16-27/h10-14H,3-9,15-16H2,1-2H3. The van der Waals surface area contributed by atoms with Crippen molar-refractivity contribution in [2.24, 2.45) is 0 Å². The van der Waals surface area contributed by atoms with Crippen LogP contribution in [0.15, 0.2) is 39.5 Å². The van der Waals surface area contributed by atoms with Crippen LogP contribution in [-0.4, -0.2) is 6.73 Å². The Kier molecular flexibility index (Phi) is 5.01. The zero-order valence-electron chi connectivity index (χ0n) is 17.9. The van der Waals surface area contributed by atoms with E-state index in [1.165, 1.54) is 35.2 Å². The van der Waals surface area contributed by atoms with Crippen molar-refractivity contribution in [2.75, 3.05) is 11.6 Å². The van der Waals surface area contributed by atoms with Crippen LogP contribution in [0.25, 0.3) is 11.0 Å². The second kappa shape index (κ2) is 7.82. The van der Waals surface area contributed by atoms with Gasteiger partial charge in [0.1, 0.15) is 11.3 Å². The number of benzene rings is 2. The highest BCUT2D eigenvalue weighted by atomic mass is 16.5. The summed E-state index contributed by atoms with van der Waals surface area (Å²) in [6, 6.07) is 11.1. The van der Waals surface area contributed by atoms with Crippen molar-refractivity contribution in [2.45, 2.75) is 65.3 Å². The van der Waals surface area contributed by atoms with Gasteiger partial charge in [0.15, 0.2) is 6.73 Å². The number of aryl methyl sites for hydroxylation is 3. The lowest BCUT2D eigenvalue weighted by Gasteiger charge is -2.32. The molecule has 1 aliphatic carbocycles. The van der Waals surface area contributed by atoms with E-state index in [1.807, 2.05) is 6.92 Å². The lowest BCUT2D eigenvalue weighted by Crippen LogP contribution is -2.32. The van der Waals surface area contributed by atoms with Crippen LogP contribution in [0, 0.1) is 6.92 Å². The maximum Gasteiger partial charge on any atom is 0.339 e. The summed E-state index contributed by atoms with van der Waals surface area (Å²) in [7, 11) is 0. The zero-order chi connectivity index (χ0) is 20.7. The number of unbranched alkanes of at least 4 members (excludes halogenated alkanes) is 1. The summed E-state index contributed by atoms with van der Waals surface area (Å²) < 4.78 is 11.9. The van der Waals surface area contributed by atoms with Gasteiger partial charge in [0.2, 0.25) is 0 Å². The average molecular weight is 404 g/mol. The Balaban J connectivity index is 1.51. The number of ether oxygens (including phenoxy) is 1. The summed E-state index contributed by atoms with van der Waals surface area (Å²) in [5.41, 5.74) is 7.29. The Bertz CT molecular complexity index is 1140. The third-order valence-corrected chi connectivity index (χ3v) is 6.62. The molecular weight excluding hydrogens is 374 g/mol. The van der Waals surface area contributed by atoms with Gasteiger partial charge in [-0.1, -0.05) is 25.5 Å². The number of fused-ring (bicyclic) bond motifs is 4. The van der Waals surface area contributed by atoms with Crippen molar-refractivity contribution in [1.82, 2.24) is 0 Å². The van der Waals surface area contributed by atoms with Gasteiger partial charge in [0.25, 0.3) is 0 Å². The number of hydrogen-bond donors (Lipinski definition) is 0. The van der Waals surface area contributed by atoms with Crippen molar-refractivity contribution >= 4 is 16.7 Å². The van der Waals surface area contributed by atoms with Gasteiger partial charge in [0, 0.05) is 34.3 Å². The molecule has 0 N–H and O–H groups in total. The van der Waals surface area contributed by atoms with E-state index >= 15 is 0 Å². The molecule has 3 aromatic rings. The number of anilines is 1. The molecule has 2 heterocycles. The molecule has 0 bridgehead atoms. The molecule has 2 aromatic carbocycles. The van der Waals surface area contributed by atoms with E-state index < -0.39 is 0 Å². The zero-order valence-corrected chi connectivity index (χ0v) is 17.9. The fourth-order valence-corrected chi connectivity index (χ4v) is 4.92. The quantitative estimate of drug-likeness (QED) is 0.526. The first-order chi connectivity index (χ1) is 14.7. The van der Waals surface area contributed by atoms with E-state index in [0.29, 0.717) is 12.3 Å². The highest BCUT2D eigenvalue weighted by molar-refractivity contribution is 5.87. The van der Waals surface area contributed by atoms with Crippen molar-refractivity contribution in [3.8, 4) is 5.75 Å². The average Bonchev–Trinajstić information content (AvgIpc) is 2.79. The molecular formula is C26H29NO3. The van der Waals surface area contributed by atoms with Crippen LogP contribution in [0.5, 0.6) is 5.75 Å². The second-order valence-electron chi connectivity index (χ2n) is 8.66. The molecule has 2 aliphatic rings. The molecule has 156 valence electrons. The van der Waals surface area contributed by atoms with E-state index in [9.17, 15) is 4.79 Å². The first kappa shape index (κ1) is 19.2. The largest absolute Gasteiger partial charge is 0.472 e. The Morgan fingerprint density at radius 3 is 2.60 bits per heavy atom. The Hall–Kier alpha value is -2.75. The molecule has 0 fully saturated rings. The maximum atomic E-state index is 12.5. The third-order valence-electron chi connectivity index (χ3n) is 6.62. The third kappa shape index (κ3) is 3.28. The fraction of sp³-hybridized carbons (Fsp3) is 0.423. The van der Waals surface area contributed by atoms with Gasteiger partial charge in [-0.15, -0.1) is 0 Å². The summed E-state index contributed by atoms with van der Waals surface area (Å²) in [6.45, 7) is 5.54. The van der Waals surface area contributed by atoms with Crippen molar-refractivity contribution in [1.29, 1.82) is 0 Å². The highest BCUT2D eigenvalue weighted by Crippen LogP contribution is 2.38. The summed E-state index contributed by atoms with van der Waals surface area (Å²) in [5, 5.41) is 1.10. The molecule has 0 saturated carbocycles. The Morgan fingerprint density at radius 2 is 1.83 bits per heavy atom. The SMILES string of the molecule is CCCCc1ccc(N2COc3c(cc4c5c(c(=O)oc4c3C)CCCC5)C2)cc1. The highest BCUT2D eigenvalue weighted by Gasteiger charge is 2.25. The number of nitrogens with zero attached hydrogens (tertiary/aromatic N) is 1. The molecule has 0 radical (unpaired) electrons. The van der Waals surface area contributed by atoms with Gasteiger partial charge < -0.3 is 14.1 Å². The van der Waals surface area contributed by atoms with Crippen LogP contribution in [0.3, 0.4) is 0 Å². The van der Waals surface area contributed by atoms with Gasteiger partial charge in [0.05, 0.1) is 0 Å². The van der Waals surface area contributed by atoms with Crippen LogP contribution in [0.4, 0.5) is 5.69 Å². The Morgan fingerprint density at radius 1 is 1.07 bits per heavy atom. The fourth-order valence-electron chi connectivity index (χ4n) is 4.92. The topological polar surface area (TPSA) is 42.7 Å². The van der Waals surface area contributed by atoms with Gasteiger partial charge in [-0.25, -0.2) is 4.79 Å². The van der Waals surface area contributed by atoms with Gasteiger partial charge in [-0.2, -0.15) is 0 Å². The van der Waals surface area contributed by atoms with Crippen LogP contribution < -0.4 is 15.3 Å². The molecule has 4 heteroatoms. The normalized spacial score (nSPS) is 15.6. The minimum absolute atomic E-state index is 0.166. The molecule has 0 saturated heterocycles. The van der Waals surface area contributed by atoms with Crippen LogP contribution in [0.1, 0.15) is 60.4 Å². The lowest BCUT2D eigenvalue weighted by molar-refractivity contribution is 0.287. The molecule has 30 heavy (non-hydrogen) atoms. The van der Waals surface area contributed by atoms with Crippen molar-refractivity contribution < 1.29 is 9.15 Å². The molecule has 4 nitrogen and oxygen atoms in total. The maximum absolute atomic E-state index is 12.5. The molecule has 1 aromatic heterocycles. The lowest BCUT2D eigenvalue weighted by atomic mass is 9.89. The van der Waals surface area contributed by atoms with Gasteiger partial charge >= 0.3 is 5.63 Å². The molecule has 1 aliphatic heterocycles. The van der Waals surface area contributed by atoms with Gasteiger partial charge in [-0.05, 0) is 74.8 Å². The first-order valence-electron chi connectivity index (χ1n) is 11.2. The summed E-state index contributed by atoms with van der Waals surface area (Å²) in [4.78, 5) is 14.8. The van der Waals surface area contributed by atoms with E-state index in [1.54, 1.807) is 0 Å². The van der Waals surface area contributed by atoms with Crippen molar-refractivity contribution in [3.63, 3.8) is 0 Å². The molecule has 0 amide bonds. The van der Waals surface area contributed by atoms with E-state index in [-0.39, 0.29) is 5.63 Å². The first-order valence-corrected chi connectivity index (χ1v) is 11.2. The minimum Gasteiger partial charge on any atom is -0.472 e. The summed E-state index contributed by atoms with van der Waals surface area (Å²) in [5.74, 6) is 0.872. The van der Waals surface area contributed by atoms with Gasteiger partial charge in [-0.3, -0.25) is 0 Å². The molecule has 0 unspecified atom stereocenters. The predicted molar refractivity (Wildman–Crippen MR) is 121 cm³/mol. The second-order valence-corrected chi connectivity index (χ2v) is 8.66. The molecule has 0 spiro atoms. The summed E-state index contributed by atoms with van der Waals surface area (Å²) in [6.07, 6.45) is 7.57. The molecule has 5 rings (SSSR count). The van der Waals surface area contributed by atoms with Crippen LogP contribution in [-0.2, 0) is 25.8 Å². The monoisotopic (exact) mass is 403 g/mol. The van der Waals surface area contributed by atoms with Crippen molar-refractivity contribution in [3.05, 3.63) is 68.6 Å². The number of hydrogen-bond acceptors (Lipinski definition) is 4. The minimum atomic E-state index is -0.166. The summed E-state index contributed by atoms with van der Waals surface area (Å²) >= 11 is 0. The Labute approximate surface area is 177 Å². The predicted octanol–water partition coefficient (Wildman–Crippen LogP) is 5.68. The smallest absolute Gasteiger partial charge is 0.339 e.